The molecule has 7 heteroatoms. The molecule has 1 saturated heterocycles. The van der Waals surface area contributed by atoms with Crippen molar-refractivity contribution < 1.29 is 4.79 Å². The second-order valence-electron chi connectivity index (χ2n) is 6.28. The summed E-state index contributed by atoms with van der Waals surface area (Å²) in [5.41, 5.74) is 1.73. The zero-order valence-electron chi connectivity index (χ0n) is 14.2. The van der Waals surface area contributed by atoms with Crippen molar-refractivity contribution >= 4 is 29.3 Å². The van der Waals surface area contributed by atoms with Gasteiger partial charge in [0.05, 0.1) is 11.0 Å². The van der Waals surface area contributed by atoms with Crippen LogP contribution in [0.25, 0.3) is 11.0 Å². The number of rotatable bonds is 5. The number of para-hydroxylation sites is 2. The van der Waals surface area contributed by atoms with Crippen molar-refractivity contribution in [2.24, 2.45) is 13.0 Å². The minimum atomic E-state index is -0.0616. The first-order chi connectivity index (χ1) is 11.1. The average Bonchev–Trinajstić information content (AvgIpc) is 3.11. The molecule has 2 heterocycles. The lowest BCUT2D eigenvalue weighted by Crippen LogP contribution is -2.32. The Balaban J connectivity index is 0.00000208. The van der Waals surface area contributed by atoms with Gasteiger partial charge in [-0.1, -0.05) is 12.1 Å². The molecule has 1 aliphatic rings. The number of amides is 1. The number of imidazole rings is 1. The topological polar surface area (TPSA) is 59.3 Å². The molecule has 1 aromatic carbocycles. The minimum Gasteiger partial charge on any atom is -0.342 e. The Hall–Kier alpha value is -1.79. The Labute approximate surface area is 147 Å². The van der Waals surface area contributed by atoms with Gasteiger partial charge in [0.25, 0.3) is 0 Å². The summed E-state index contributed by atoms with van der Waals surface area (Å²) in [6, 6.07) is 7.70. The van der Waals surface area contributed by atoms with E-state index in [1.54, 1.807) is 16.2 Å². The number of aryl methyl sites for hydroxylation is 2. The Bertz CT molecular complexity index is 768. The second kappa shape index (κ2) is 7.85. The van der Waals surface area contributed by atoms with Crippen molar-refractivity contribution in [1.29, 1.82) is 0 Å². The van der Waals surface area contributed by atoms with E-state index in [1.807, 2.05) is 36.2 Å². The SMILES string of the molecule is CNCC1CCN(C(=O)CCn2c(=O)n(C)c3ccccc32)C1.Cl. The molecule has 1 amide bonds. The van der Waals surface area contributed by atoms with Gasteiger partial charge in [-0.25, -0.2) is 4.79 Å². The predicted octanol–water partition coefficient (Wildman–Crippen LogP) is 1.22. The van der Waals surface area contributed by atoms with Crippen LogP contribution >= 0.6 is 12.4 Å². The monoisotopic (exact) mass is 352 g/mol. The van der Waals surface area contributed by atoms with Gasteiger partial charge in [-0.2, -0.15) is 0 Å². The number of halogens is 1. The largest absolute Gasteiger partial charge is 0.342 e. The maximum Gasteiger partial charge on any atom is 0.328 e. The number of carbonyl (C=O) groups is 1. The molecule has 0 spiro atoms. The molecule has 0 aliphatic carbocycles. The highest BCUT2D eigenvalue weighted by Crippen LogP contribution is 2.17. The van der Waals surface area contributed by atoms with Gasteiger partial charge in [-0.05, 0) is 38.1 Å². The van der Waals surface area contributed by atoms with Gasteiger partial charge < -0.3 is 10.2 Å². The van der Waals surface area contributed by atoms with Crippen LogP contribution in [0, 0.1) is 5.92 Å². The molecule has 24 heavy (non-hydrogen) atoms. The molecule has 0 saturated carbocycles. The van der Waals surface area contributed by atoms with Crippen LogP contribution in [0.15, 0.2) is 29.1 Å². The van der Waals surface area contributed by atoms with Gasteiger partial charge in [0.15, 0.2) is 0 Å². The Morgan fingerprint density at radius 1 is 1.29 bits per heavy atom. The van der Waals surface area contributed by atoms with Crippen LogP contribution in [0.3, 0.4) is 0 Å². The van der Waals surface area contributed by atoms with E-state index in [-0.39, 0.29) is 24.0 Å². The van der Waals surface area contributed by atoms with E-state index < -0.39 is 0 Å². The molecule has 1 fully saturated rings. The molecule has 3 rings (SSSR count). The predicted molar refractivity (Wildman–Crippen MR) is 97.7 cm³/mol. The summed E-state index contributed by atoms with van der Waals surface area (Å²) in [6.45, 7) is 3.04. The second-order valence-corrected chi connectivity index (χ2v) is 6.28. The molecule has 2 aromatic rings. The maximum absolute atomic E-state index is 12.4. The average molecular weight is 353 g/mol. The fourth-order valence-electron chi connectivity index (χ4n) is 3.46. The smallest absolute Gasteiger partial charge is 0.328 e. The Morgan fingerprint density at radius 2 is 2.00 bits per heavy atom. The van der Waals surface area contributed by atoms with Gasteiger partial charge in [0.2, 0.25) is 5.91 Å². The van der Waals surface area contributed by atoms with Gasteiger partial charge >= 0.3 is 5.69 Å². The Kier molecular flexibility index (Phi) is 6.07. The molecule has 1 unspecified atom stereocenters. The molecule has 1 atom stereocenters. The number of nitrogens with zero attached hydrogens (tertiary/aromatic N) is 3. The fraction of sp³-hybridized carbons (Fsp3) is 0.529. The van der Waals surface area contributed by atoms with E-state index in [0.717, 1.165) is 37.1 Å². The molecule has 132 valence electrons. The minimum absolute atomic E-state index is 0. The van der Waals surface area contributed by atoms with Crippen LogP contribution in [0.4, 0.5) is 0 Å². The number of benzene rings is 1. The van der Waals surface area contributed by atoms with Crippen molar-refractivity contribution in [1.82, 2.24) is 19.4 Å². The first-order valence-electron chi connectivity index (χ1n) is 8.18. The number of nitrogens with one attached hydrogen (secondary N) is 1. The highest BCUT2D eigenvalue weighted by atomic mass is 35.5. The maximum atomic E-state index is 12.4. The summed E-state index contributed by atoms with van der Waals surface area (Å²) in [7, 11) is 3.71. The number of likely N-dealkylation sites (tertiary alicyclic amines) is 1. The van der Waals surface area contributed by atoms with E-state index in [9.17, 15) is 9.59 Å². The number of aromatic nitrogens is 2. The molecule has 1 aliphatic heterocycles. The summed E-state index contributed by atoms with van der Waals surface area (Å²) >= 11 is 0. The third-order valence-electron chi connectivity index (χ3n) is 4.73. The lowest BCUT2D eigenvalue weighted by Gasteiger charge is -2.16. The van der Waals surface area contributed by atoms with Crippen LogP contribution in [0.2, 0.25) is 0 Å². The number of hydrogen-bond acceptors (Lipinski definition) is 3. The zero-order chi connectivity index (χ0) is 16.4. The van der Waals surface area contributed by atoms with Crippen molar-refractivity contribution in [3.8, 4) is 0 Å². The number of carbonyl (C=O) groups excluding carboxylic acids is 1. The molecule has 0 bridgehead atoms. The molecular weight excluding hydrogens is 328 g/mol. The zero-order valence-corrected chi connectivity index (χ0v) is 15.0. The first kappa shape index (κ1) is 18.5. The number of fused-ring (bicyclic) bond motifs is 1. The van der Waals surface area contributed by atoms with Gasteiger partial charge in [0.1, 0.15) is 0 Å². The van der Waals surface area contributed by atoms with E-state index in [4.69, 9.17) is 0 Å². The van der Waals surface area contributed by atoms with E-state index in [1.165, 1.54) is 0 Å². The van der Waals surface area contributed by atoms with Gasteiger partial charge in [-0.3, -0.25) is 13.9 Å². The molecule has 1 aromatic heterocycles. The fourth-order valence-corrected chi connectivity index (χ4v) is 3.46. The van der Waals surface area contributed by atoms with Crippen LogP contribution in [-0.4, -0.2) is 46.6 Å². The summed E-state index contributed by atoms with van der Waals surface area (Å²) in [5, 5.41) is 3.17. The van der Waals surface area contributed by atoms with Crippen LogP contribution in [-0.2, 0) is 18.4 Å². The summed E-state index contributed by atoms with van der Waals surface area (Å²) in [4.78, 5) is 26.7. The molecule has 6 nitrogen and oxygen atoms in total. The highest BCUT2D eigenvalue weighted by molar-refractivity contribution is 5.85. The summed E-state index contributed by atoms with van der Waals surface area (Å²) in [5.74, 6) is 0.688. The highest BCUT2D eigenvalue weighted by Gasteiger charge is 2.25. The Morgan fingerprint density at radius 3 is 2.71 bits per heavy atom. The molecule has 0 radical (unpaired) electrons. The summed E-state index contributed by atoms with van der Waals surface area (Å²) in [6.07, 6.45) is 1.43. The molecular formula is C17H25ClN4O2. The third kappa shape index (κ3) is 3.49. The quantitative estimate of drug-likeness (QED) is 0.880. The normalized spacial score (nSPS) is 17.2. The van der Waals surface area contributed by atoms with Crippen LogP contribution in [0.5, 0.6) is 0 Å². The standard InChI is InChI=1S/C17H24N4O2.ClH/c1-18-11-13-7-9-20(12-13)16(22)8-10-21-15-6-4-3-5-14(15)19(2)17(21)23;/h3-6,13,18H,7-12H2,1-2H3;1H. The first-order valence-corrected chi connectivity index (χ1v) is 8.18. The van der Waals surface area contributed by atoms with E-state index >= 15 is 0 Å². The van der Waals surface area contributed by atoms with Gasteiger partial charge in [-0.15, -0.1) is 12.4 Å². The molecule has 1 N–H and O–H groups in total. The third-order valence-corrected chi connectivity index (χ3v) is 4.73. The van der Waals surface area contributed by atoms with E-state index in [2.05, 4.69) is 5.32 Å². The number of hydrogen-bond donors (Lipinski definition) is 1. The van der Waals surface area contributed by atoms with Gasteiger partial charge in [0, 0.05) is 33.1 Å². The van der Waals surface area contributed by atoms with Crippen molar-refractivity contribution in [3.63, 3.8) is 0 Å². The van der Waals surface area contributed by atoms with Crippen molar-refractivity contribution in [3.05, 3.63) is 34.7 Å². The van der Waals surface area contributed by atoms with E-state index in [0.29, 0.717) is 18.9 Å². The van der Waals surface area contributed by atoms with Crippen LogP contribution < -0.4 is 11.0 Å². The lowest BCUT2D eigenvalue weighted by atomic mass is 10.1. The van der Waals surface area contributed by atoms with Crippen LogP contribution in [0.1, 0.15) is 12.8 Å². The van der Waals surface area contributed by atoms with Crippen molar-refractivity contribution in [2.75, 3.05) is 26.7 Å². The summed E-state index contributed by atoms with van der Waals surface area (Å²) < 4.78 is 3.34. The van der Waals surface area contributed by atoms with Crippen molar-refractivity contribution in [2.45, 2.75) is 19.4 Å². The lowest BCUT2D eigenvalue weighted by molar-refractivity contribution is -0.130.